The minimum Gasteiger partial charge on any atom is -0.241 e. The smallest absolute Gasteiger partial charge is 0.241 e. The van der Waals surface area contributed by atoms with Crippen molar-refractivity contribution in [1.82, 2.24) is 0 Å². The third-order valence-corrected chi connectivity index (χ3v) is 2.80. The number of aryl methyl sites for hydroxylation is 3. The van der Waals surface area contributed by atoms with Crippen molar-refractivity contribution >= 4 is 14.2 Å². The average molecular weight is 241 g/mol. The zero-order valence-corrected chi connectivity index (χ0v) is 10.6. The van der Waals surface area contributed by atoms with Gasteiger partial charge in [-0.2, -0.15) is 4.52 Å². The first-order valence-electron chi connectivity index (χ1n) is 4.77. The summed E-state index contributed by atoms with van der Waals surface area (Å²) in [7, 11) is -1.15. The van der Waals surface area contributed by atoms with E-state index in [0.29, 0.717) is 5.56 Å². The molecule has 0 amide bonds. The van der Waals surface area contributed by atoms with Crippen molar-refractivity contribution < 1.29 is 18.4 Å². The van der Waals surface area contributed by atoms with Crippen molar-refractivity contribution in [3.05, 3.63) is 34.4 Å². The first kappa shape index (κ1) is 12.8. The minimum absolute atomic E-state index is 0.450. The van der Waals surface area contributed by atoms with Crippen LogP contribution in [-0.4, -0.2) is 13.1 Å². The van der Waals surface area contributed by atoms with Gasteiger partial charge in [-0.05, 0) is 31.9 Å². The molecule has 0 saturated heterocycles. The summed E-state index contributed by atoms with van der Waals surface area (Å²) in [6.45, 7) is 5.58. The third-order valence-electron chi connectivity index (χ3n) is 2.19. The largest absolute Gasteiger partial charge is 0.753 e. The van der Waals surface area contributed by atoms with Crippen molar-refractivity contribution in [3.63, 3.8) is 0 Å². The summed E-state index contributed by atoms with van der Waals surface area (Å²) < 4.78 is 20.0. The number of hydrogen-bond acceptors (Lipinski definition) is 4. The van der Waals surface area contributed by atoms with E-state index in [-0.39, 0.29) is 0 Å². The van der Waals surface area contributed by atoms with Crippen LogP contribution in [0.4, 0.5) is 0 Å². The number of hydrogen-bond donors (Lipinski definition) is 0. The van der Waals surface area contributed by atoms with Crippen LogP contribution in [0.15, 0.2) is 12.1 Å². The van der Waals surface area contributed by atoms with E-state index in [9.17, 15) is 9.36 Å². The fourth-order valence-electron chi connectivity index (χ4n) is 1.65. The second kappa shape index (κ2) is 5.19. The Morgan fingerprint density at radius 1 is 1.19 bits per heavy atom. The SMILES string of the molecule is CO[P+](=O)OC(=O)c1c(C)cc(C)cc1C. The van der Waals surface area contributed by atoms with Crippen molar-refractivity contribution in [2.45, 2.75) is 20.8 Å². The van der Waals surface area contributed by atoms with Crippen molar-refractivity contribution in [3.8, 4) is 0 Å². The summed E-state index contributed by atoms with van der Waals surface area (Å²) in [5.41, 5.74) is 3.14. The standard InChI is InChI=1S/C11H14O4P/c1-7-5-8(2)10(9(3)6-7)11(12)15-16(13)14-4/h5-6H,1-4H3/q+1. The quantitative estimate of drug-likeness (QED) is 0.763. The Morgan fingerprint density at radius 2 is 1.69 bits per heavy atom. The Balaban J connectivity index is 3.04. The molecule has 0 radical (unpaired) electrons. The monoisotopic (exact) mass is 241 g/mol. The number of carbonyl (C=O) groups is 1. The van der Waals surface area contributed by atoms with E-state index in [1.165, 1.54) is 7.11 Å². The lowest BCUT2D eigenvalue weighted by Crippen LogP contribution is -2.06. The Morgan fingerprint density at radius 3 is 2.12 bits per heavy atom. The molecule has 5 heteroatoms. The normalized spacial score (nSPS) is 11.1. The summed E-state index contributed by atoms with van der Waals surface area (Å²) in [5.74, 6) is -0.613. The molecule has 0 bridgehead atoms. The second-order valence-corrected chi connectivity index (χ2v) is 4.55. The third kappa shape index (κ3) is 2.87. The lowest BCUT2D eigenvalue weighted by molar-refractivity contribution is 0.0722. The van der Waals surface area contributed by atoms with Crippen LogP contribution in [0.1, 0.15) is 27.0 Å². The molecule has 86 valence electrons. The molecule has 4 nitrogen and oxygen atoms in total. The topological polar surface area (TPSA) is 52.6 Å². The summed E-state index contributed by atoms with van der Waals surface area (Å²) in [6.07, 6.45) is 0. The highest BCUT2D eigenvalue weighted by atomic mass is 31.1. The molecule has 0 fully saturated rings. The van der Waals surface area contributed by atoms with E-state index < -0.39 is 14.2 Å². The molecule has 0 spiro atoms. The molecule has 0 aliphatic heterocycles. The molecule has 0 heterocycles. The van der Waals surface area contributed by atoms with Gasteiger partial charge in [0.05, 0.1) is 12.7 Å². The van der Waals surface area contributed by atoms with E-state index in [4.69, 9.17) is 0 Å². The minimum atomic E-state index is -2.37. The molecule has 16 heavy (non-hydrogen) atoms. The maximum Gasteiger partial charge on any atom is 0.753 e. The number of benzene rings is 1. The Labute approximate surface area is 95.5 Å². The van der Waals surface area contributed by atoms with Crippen molar-refractivity contribution in [1.29, 1.82) is 0 Å². The van der Waals surface area contributed by atoms with Crippen LogP contribution >= 0.6 is 8.25 Å². The van der Waals surface area contributed by atoms with Crippen LogP contribution < -0.4 is 0 Å². The van der Waals surface area contributed by atoms with Crippen molar-refractivity contribution in [2.75, 3.05) is 7.11 Å². The van der Waals surface area contributed by atoms with Gasteiger partial charge in [-0.15, -0.1) is 4.52 Å². The van der Waals surface area contributed by atoms with Gasteiger partial charge in [0.1, 0.15) is 0 Å². The van der Waals surface area contributed by atoms with Gasteiger partial charge in [-0.25, -0.2) is 4.79 Å². The molecule has 0 N–H and O–H groups in total. The fraction of sp³-hybridized carbons (Fsp3) is 0.364. The summed E-state index contributed by atoms with van der Waals surface area (Å²) in [4.78, 5) is 11.7. The van der Waals surface area contributed by atoms with Crippen LogP contribution in [0.2, 0.25) is 0 Å². The summed E-state index contributed by atoms with van der Waals surface area (Å²) >= 11 is 0. The predicted molar refractivity (Wildman–Crippen MR) is 60.7 cm³/mol. The zero-order valence-electron chi connectivity index (χ0n) is 9.73. The van der Waals surface area contributed by atoms with Gasteiger partial charge in [0, 0.05) is 4.57 Å². The molecule has 1 unspecified atom stereocenters. The lowest BCUT2D eigenvalue weighted by atomic mass is 10.0. The molecular weight excluding hydrogens is 227 g/mol. The maximum atomic E-state index is 11.7. The van der Waals surface area contributed by atoms with Gasteiger partial charge in [0.15, 0.2) is 0 Å². The molecule has 0 saturated carbocycles. The maximum absolute atomic E-state index is 11.7. The molecule has 1 rings (SSSR count). The van der Waals surface area contributed by atoms with Gasteiger partial charge >= 0.3 is 14.2 Å². The van der Waals surface area contributed by atoms with E-state index in [1.807, 2.05) is 32.9 Å². The molecule has 1 aromatic rings. The highest BCUT2D eigenvalue weighted by Crippen LogP contribution is 2.26. The molecule has 1 aromatic carbocycles. The highest BCUT2D eigenvalue weighted by molar-refractivity contribution is 7.34. The zero-order chi connectivity index (χ0) is 12.3. The summed E-state index contributed by atoms with van der Waals surface area (Å²) in [5, 5.41) is 0. The van der Waals surface area contributed by atoms with Gasteiger partial charge in [0.25, 0.3) is 0 Å². The Bertz CT molecular complexity index is 417. The molecule has 0 aliphatic rings. The van der Waals surface area contributed by atoms with Gasteiger partial charge in [0.2, 0.25) is 0 Å². The van der Waals surface area contributed by atoms with Crippen LogP contribution in [0.3, 0.4) is 0 Å². The second-order valence-electron chi connectivity index (χ2n) is 3.56. The highest BCUT2D eigenvalue weighted by Gasteiger charge is 2.27. The Hall–Kier alpha value is -1.25. The molecule has 0 aliphatic carbocycles. The van der Waals surface area contributed by atoms with Crippen LogP contribution in [0.5, 0.6) is 0 Å². The predicted octanol–water partition coefficient (Wildman–Crippen LogP) is 3.07. The van der Waals surface area contributed by atoms with E-state index in [2.05, 4.69) is 9.05 Å². The number of carbonyl (C=O) groups excluding carboxylic acids is 1. The van der Waals surface area contributed by atoms with Crippen LogP contribution in [0.25, 0.3) is 0 Å². The lowest BCUT2D eigenvalue weighted by Gasteiger charge is -2.06. The number of rotatable bonds is 3. The van der Waals surface area contributed by atoms with E-state index in [0.717, 1.165) is 16.7 Å². The summed E-state index contributed by atoms with van der Waals surface area (Å²) in [6, 6.07) is 3.76. The van der Waals surface area contributed by atoms with Crippen LogP contribution in [-0.2, 0) is 13.6 Å². The molecular formula is C11H14O4P+. The molecule has 1 atom stereocenters. The van der Waals surface area contributed by atoms with Crippen molar-refractivity contribution in [2.24, 2.45) is 0 Å². The van der Waals surface area contributed by atoms with E-state index >= 15 is 0 Å². The average Bonchev–Trinajstić information content (AvgIpc) is 2.15. The first-order chi connectivity index (χ1) is 7.45. The Kier molecular flexibility index (Phi) is 4.16. The van der Waals surface area contributed by atoms with Gasteiger partial charge in [-0.1, -0.05) is 17.7 Å². The van der Waals surface area contributed by atoms with Gasteiger partial charge < -0.3 is 0 Å². The van der Waals surface area contributed by atoms with Gasteiger partial charge in [-0.3, -0.25) is 0 Å². The molecule has 0 aromatic heterocycles. The van der Waals surface area contributed by atoms with Crippen LogP contribution in [0, 0.1) is 20.8 Å². The van der Waals surface area contributed by atoms with E-state index in [1.54, 1.807) is 0 Å². The fourth-order valence-corrected chi connectivity index (χ4v) is 1.95. The first-order valence-corrected chi connectivity index (χ1v) is 5.86.